The van der Waals surface area contributed by atoms with E-state index >= 15 is 0 Å². The highest BCUT2D eigenvalue weighted by Gasteiger charge is 2.32. The molecule has 0 rings (SSSR count). The van der Waals surface area contributed by atoms with E-state index in [0.717, 1.165) is 6.29 Å². The minimum atomic E-state index is -1.01. The van der Waals surface area contributed by atoms with Gasteiger partial charge in [-0.1, -0.05) is 20.8 Å². The smallest absolute Gasteiger partial charge is 0.157 e. The Labute approximate surface area is 127 Å². The van der Waals surface area contributed by atoms with Crippen molar-refractivity contribution in [3.63, 3.8) is 0 Å². The Bertz CT molecular complexity index is 277. The second-order valence-corrected chi connectivity index (χ2v) is 6.02. The quantitative estimate of drug-likeness (QED) is 0.328. The lowest BCUT2D eigenvalue weighted by Gasteiger charge is -2.35. The minimum Gasteiger partial charge on any atom is -0.392 e. The highest BCUT2D eigenvalue weighted by atomic mass is 16.6. The van der Waals surface area contributed by atoms with E-state index in [4.69, 9.17) is 4.74 Å². The normalized spacial score (nSPS) is 20.6. The molecule has 0 fully saturated rings. The van der Waals surface area contributed by atoms with Crippen LogP contribution in [0.3, 0.4) is 0 Å². The van der Waals surface area contributed by atoms with Crippen LogP contribution in [0.4, 0.5) is 0 Å². The molecule has 0 heterocycles. The Balaban J connectivity index is 4.91. The van der Waals surface area contributed by atoms with E-state index in [2.05, 4.69) is 5.32 Å². The molecule has 0 saturated carbocycles. The number of carbonyl (C=O) groups is 1. The van der Waals surface area contributed by atoms with Gasteiger partial charge in [0.25, 0.3) is 0 Å². The molecule has 0 saturated heterocycles. The van der Waals surface area contributed by atoms with Gasteiger partial charge in [0, 0.05) is 31.4 Å². The third kappa shape index (κ3) is 6.84. The van der Waals surface area contributed by atoms with Crippen molar-refractivity contribution < 1.29 is 24.9 Å². The van der Waals surface area contributed by atoms with Gasteiger partial charge in [-0.3, -0.25) is 5.32 Å². The van der Waals surface area contributed by atoms with Crippen LogP contribution in [0, 0.1) is 17.8 Å². The first kappa shape index (κ1) is 20.5. The molecule has 0 aromatic heterocycles. The third-order valence-electron chi connectivity index (χ3n) is 3.99. The highest BCUT2D eigenvalue weighted by molar-refractivity contribution is 5.49. The van der Waals surface area contributed by atoms with Crippen LogP contribution < -0.4 is 5.32 Å². The number of methoxy groups -OCH3 is 1. The molecule has 0 aromatic rings. The zero-order valence-electron chi connectivity index (χ0n) is 13.7. The lowest BCUT2D eigenvalue weighted by atomic mass is 9.86. The van der Waals surface area contributed by atoms with Gasteiger partial charge in [0.1, 0.15) is 12.5 Å². The fourth-order valence-corrected chi connectivity index (χ4v) is 2.60. The van der Waals surface area contributed by atoms with Crippen molar-refractivity contribution in [2.45, 2.75) is 65.2 Å². The number of rotatable bonds is 11. The second kappa shape index (κ2) is 10.2. The molecule has 0 bridgehead atoms. The minimum absolute atomic E-state index is 0.133. The van der Waals surface area contributed by atoms with Gasteiger partial charge in [0.15, 0.2) is 6.29 Å². The van der Waals surface area contributed by atoms with Crippen molar-refractivity contribution in [2.75, 3.05) is 7.11 Å². The number of hydrogen-bond donors (Lipinski definition) is 4. The van der Waals surface area contributed by atoms with Gasteiger partial charge in [-0.05, 0) is 19.3 Å². The number of carbonyl (C=O) groups excluding carboxylic acids is 1. The number of aliphatic hydroxyl groups is 3. The summed E-state index contributed by atoms with van der Waals surface area (Å²) in [7, 11) is 1.39. The first-order chi connectivity index (χ1) is 9.76. The molecule has 0 aromatic carbocycles. The van der Waals surface area contributed by atoms with E-state index in [9.17, 15) is 20.1 Å². The standard InChI is InChI=1S/C15H31NO5/c1-9(2)13(11(4)18)16-14(19)12(7-6-8-17)10(3)15(20)21-5/h8-16,18-20H,6-7H2,1-5H3. The summed E-state index contributed by atoms with van der Waals surface area (Å²) >= 11 is 0. The van der Waals surface area contributed by atoms with Crippen molar-refractivity contribution in [1.29, 1.82) is 0 Å². The van der Waals surface area contributed by atoms with Crippen LogP contribution in [-0.4, -0.2) is 53.4 Å². The summed E-state index contributed by atoms with van der Waals surface area (Å²) in [6.07, 6.45) is -1.04. The first-order valence-electron chi connectivity index (χ1n) is 7.52. The van der Waals surface area contributed by atoms with Crippen LogP contribution in [0.2, 0.25) is 0 Å². The van der Waals surface area contributed by atoms with Crippen LogP contribution in [0.15, 0.2) is 0 Å². The molecule has 6 unspecified atom stereocenters. The van der Waals surface area contributed by atoms with E-state index in [1.807, 2.05) is 13.8 Å². The van der Waals surface area contributed by atoms with E-state index in [1.165, 1.54) is 7.11 Å². The van der Waals surface area contributed by atoms with Gasteiger partial charge in [0.05, 0.1) is 6.10 Å². The first-order valence-corrected chi connectivity index (χ1v) is 7.52. The molecule has 0 aliphatic heterocycles. The van der Waals surface area contributed by atoms with Crippen LogP contribution >= 0.6 is 0 Å². The molecule has 6 heteroatoms. The Morgan fingerprint density at radius 2 is 1.71 bits per heavy atom. The largest absolute Gasteiger partial charge is 0.392 e. The van der Waals surface area contributed by atoms with Gasteiger partial charge < -0.3 is 24.9 Å². The Hall–Kier alpha value is -0.530. The van der Waals surface area contributed by atoms with Gasteiger partial charge in [-0.15, -0.1) is 0 Å². The Morgan fingerprint density at radius 1 is 1.14 bits per heavy atom. The average Bonchev–Trinajstić information content (AvgIpc) is 2.43. The van der Waals surface area contributed by atoms with Crippen molar-refractivity contribution in [1.82, 2.24) is 5.32 Å². The van der Waals surface area contributed by atoms with E-state index in [1.54, 1.807) is 13.8 Å². The van der Waals surface area contributed by atoms with Crippen molar-refractivity contribution in [3.05, 3.63) is 0 Å². The molecule has 0 radical (unpaired) electrons. The SMILES string of the molecule is COC(O)C(C)C(CCC=O)C(O)NC(C(C)C)C(C)O. The van der Waals surface area contributed by atoms with E-state index in [0.29, 0.717) is 12.8 Å². The maximum absolute atomic E-state index is 10.6. The summed E-state index contributed by atoms with van der Waals surface area (Å²) in [5.41, 5.74) is 0. The molecular weight excluding hydrogens is 274 g/mol. The number of aldehydes is 1. The maximum Gasteiger partial charge on any atom is 0.157 e. The van der Waals surface area contributed by atoms with Gasteiger partial charge in [0.2, 0.25) is 0 Å². The Morgan fingerprint density at radius 3 is 2.10 bits per heavy atom. The molecule has 0 aliphatic carbocycles. The third-order valence-corrected chi connectivity index (χ3v) is 3.99. The van der Waals surface area contributed by atoms with Crippen molar-refractivity contribution in [3.8, 4) is 0 Å². The van der Waals surface area contributed by atoms with E-state index in [-0.39, 0.29) is 23.8 Å². The molecule has 0 aliphatic rings. The van der Waals surface area contributed by atoms with Crippen LogP contribution in [-0.2, 0) is 9.53 Å². The lowest BCUT2D eigenvalue weighted by molar-refractivity contribution is -0.140. The van der Waals surface area contributed by atoms with E-state index < -0.39 is 18.6 Å². The van der Waals surface area contributed by atoms with Gasteiger partial charge in [-0.25, -0.2) is 0 Å². The summed E-state index contributed by atoms with van der Waals surface area (Å²) in [6, 6.07) is -0.273. The predicted octanol–water partition coefficient (Wildman–Crippen LogP) is 0.496. The van der Waals surface area contributed by atoms with Gasteiger partial charge >= 0.3 is 0 Å². The summed E-state index contributed by atoms with van der Waals surface area (Å²) in [4.78, 5) is 10.6. The number of aliphatic hydroxyl groups excluding tert-OH is 3. The highest BCUT2D eigenvalue weighted by Crippen LogP contribution is 2.25. The van der Waals surface area contributed by atoms with Crippen molar-refractivity contribution in [2.24, 2.45) is 17.8 Å². The summed E-state index contributed by atoms with van der Waals surface area (Å²) in [5, 5.41) is 33.0. The molecule has 126 valence electrons. The van der Waals surface area contributed by atoms with Crippen LogP contribution in [0.25, 0.3) is 0 Å². The van der Waals surface area contributed by atoms with Crippen molar-refractivity contribution >= 4 is 6.29 Å². The topological polar surface area (TPSA) is 99.0 Å². The van der Waals surface area contributed by atoms with Crippen LogP contribution in [0.1, 0.15) is 40.5 Å². The fraction of sp³-hybridized carbons (Fsp3) is 0.933. The zero-order valence-corrected chi connectivity index (χ0v) is 13.7. The monoisotopic (exact) mass is 305 g/mol. The number of nitrogens with one attached hydrogen (secondary N) is 1. The molecule has 6 atom stereocenters. The van der Waals surface area contributed by atoms with Crippen LogP contribution in [0.5, 0.6) is 0 Å². The summed E-state index contributed by atoms with van der Waals surface area (Å²) < 4.78 is 4.90. The molecule has 4 N–H and O–H groups in total. The average molecular weight is 305 g/mol. The lowest BCUT2D eigenvalue weighted by Crippen LogP contribution is -2.52. The molecule has 0 spiro atoms. The summed E-state index contributed by atoms with van der Waals surface area (Å²) in [6.45, 7) is 7.33. The Kier molecular flexibility index (Phi) is 9.98. The molecule has 6 nitrogen and oxygen atoms in total. The second-order valence-electron chi connectivity index (χ2n) is 6.02. The molecular formula is C15H31NO5. The predicted molar refractivity (Wildman–Crippen MR) is 80.4 cm³/mol. The molecule has 21 heavy (non-hydrogen) atoms. The fourth-order valence-electron chi connectivity index (χ4n) is 2.60. The van der Waals surface area contributed by atoms with Gasteiger partial charge in [-0.2, -0.15) is 0 Å². The maximum atomic E-state index is 10.6. The number of hydrogen-bond acceptors (Lipinski definition) is 6. The number of ether oxygens (including phenoxy) is 1. The molecule has 0 amide bonds. The summed E-state index contributed by atoms with van der Waals surface area (Å²) in [5.74, 6) is -0.571. The zero-order chi connectivity index (χ0) is 16.6.